The topological polar surface area (TPSA) is 67.2 Å². The quantitative estimate of drug-likeness (QED) is 0.346. The highest BCUT2D eigenvalue weighted by Gasteiger charge is 2.46. The molecule has 2 aromatic heterocycles. The van der Waals surface area contributed by atoms with Gasteiger partial charge in [0, 0.05) is 38.5 Å². The van der Waals surface area contributed by atoms with E-state index in [0.717, 1.165) is 72.8 Å². The number of amides is 1. The van der Waals surface area contributed by atoms with Crippen LogP contribution in [0.2, 0.25) is 0 Å². The summed E-state index contributed by atoms with van der Waals surface area (Å²) < 4.78 is 15.4. The third-order valence-electron chi connectivity index (χ3n) is 7.78. The van der Waals surface area contributed by atoms with Gasteiger partial charge < -0.3 is 9.80 Å². The van der Waals surface area contributed by atoms with Crippen molar-refractivity contribution < 1.29 is 9.18 Å². The van der Waals surface area contributed by atoms with E-state index in [4.69, 9.17) is 15.1 Å². The molecule has 38 heavy (non-hydrogen) atoms. The van der Waals surface area contributed by atoms with Crippen LogP contribution in [0, 0.1) is 18.7 Å². The van der Waals surface area contributed by atoms with E-state index in [1.54, 1.807) is 16.8 Å². The Kier molecular flexibility index (Phi) is 6.55. The maximum atomic E-state index is 13.6. The highest BCUT2D eigenvalue weighted by atomic mass is 19.1. The van der Waals surface area contributed by atoms with Gasteiger partial charge in [-0.05, 0) is 55.5 Å². The molecule has 0 bridgehead atoms. The molecular weight excluding hydrogens is 479 g/mol. The predicted octanol–water partition coefficient (Wildman–Crippen LogP) is 5.06. The fraction of sp³-hybridized carbons (Fsp3) is 0.400. The molecule has 3 heterocycles. The van der Waals surface area contributed by atoms with Crippen LogP contribution in [0.3, 0.4) is 0 Å². The summed E-state index contributed by atoms with van der Waals surface area (Å²) in [4.78, 5) is 27.5. The van der Waals surface area contributed by atoms with E-state index >= 15 is 0 Å². The smallest absolute Gasteiger partial charge is 0.226 e. The third kappa shape index (κ3) is 4.64. The van der Waals surface area contributed by atoms with E-state index < -0.39 is 0 Å². The normalized spacial score (nSPS) is 19.2. The van der Waals surface area contributed by atoms with Crippen molar-refractivity contribution in [2.75, 3.05) is 31.1 Å². The molecule has 2 atom stereocenters. The molecule has 0 unspecified atom stereocenters. The first kappa shape index (κ1) is 24.5. The molecule has 2 fully saturated rings. The van der Waals surface area contributed by atoms with E-state index in [1.165, 1.54) is 17.7 Å². The van der Waals surface area contributed by atoms with Gasteiger partial charge in [0.1, 0.15) is 17.5 Å². The molecule has 4 aromatic rings. The average Bonchev–Trinajstić information content (AvgIpc) is 3.69. The maximum absolute atomic E-state index is 13.6. The maximum Gasteiger partial charge on any atom is 0.226 e. The summed E-state index contributed by atoms with van der Waals surface area (Å²) in [6, 6.07) is 16.7. The number of nitrogens with zero attached hydrogens (tertiary/aromatic N) is 6. The number of carbonyl (C=O) groups is 1. The Bertz CT molecular complexity index is 1440. The lowest BCUT2D eigenvalue weighted by molar-refractivity contribution is -0.133. The summed E-state index contributed by atoms with van der Waals surface area (Å²) in [6.07, 6.45) is 3.78. The number of halogens is 1. The fourth-order valence-corrected chi connectivity index (χ4v) is 5.55. The molecule has 1 aliphatic carbocycles. The number of piperazine rings is 1. The molecule has 6 rings (SSSR count). The summed E-state index contributed by atoms with van der Waals surface area (Å²) in [5.74, 6) is 2.12. The molecular formula is C30H33FN6O. The fourth-order valence-electron chi connectivity index (χ4n) is 5.55. The van der Waals surface area contributed by atoms with Crippen LogP contribution in [-0.2, 0) is 11.2 Å². The van der Waals surface area contributed by atoms with Crippen molar-refractivity contribution in [1.29, 1.82) is 0 Å². The largest absolute Gasteiger partial charge is 0.352 e. The van der Waals surface area contributed by atoms with Crippen molar-refractivity contribution in [3.05, 3.63) is 77.5 Å². The molecule has 8 heteroatoms. The third-order valence-corrected chi connectivity index (χ3v) is 7.78. The van der Waals surface area contributed by atoms with Gasteiger partial charge in [-0.2, -0.15) is 5.10 Å². The Morgan fingerprint density at radius 2 is 1.74 bits per heavy atom. The van der Waals surface area contributed by atoms with Crippen molar-refractivity contribution in [2.45, 2.75) is 45.4 Å². The Morgan fingerprint density at radius 3 is 2.45 bits per heavy atom. The van der Waals surface area contributed by atoms with Gasteiger partial charge in [-0.1, -0.05) is 43.7 Å². The number of fused-ring (bicyclic) bond motifs is 1. The van der Waals surface area contributed by atoms with Gasteiger partial charge in [-0.15, -0.1) is 0 Å². The van der Waals surface area contributed by atoms with Gasteiger partial charge >= 0.3 is 0 Å². The zero-order valence-corrected chi connectivity index (χ0v) is 22.0. The van der Waals surface area contributed by atoms with Crippen molar-refractivity contribution >= 4 is 22.8 Å². The molecule has 1 amide bonds. The molecule has 0 radical (unpaired) electrons. The first-order valence-corrected chi connectivity index (χ1v) is 13.6. The summed E-state index contributed by atoms with van der Waals surface area (Å²) >= 11 is 0. The SMILES string of the molecule is CCCCc1nc(N2CCN(C(=O)[C@H]3C[C@H]3c3ccccc3)CC2)c2c(C)nn(-c3ccc(F)cc3)c2n1. The number of anilines is 1. The summed E-state index contributed by atoms with van der Waals surface area (Å²) in [5, 5.41) is 5.70. The van der Waals surface area contributed by atoms with Crippen LogP contribution in [0.15, 0.2) is 54.6 Å². The number of carbonyl (C=O) groups excluding carboxylic acids is 1. The van der Waals surface area contributed by atoms with E-state index in [9.17, 15) is 9.18 Å². The van der Waals surface area contributed by atoms with Crippen LogP contribution in [0.4, 0.5) is 10.2 Å². The number of rotatable bonds is 7. The number of hydrogen-bond acceptors (Lipinski definition) is 5. The number of hydrogen-bond donors (Lipinski definition) is 0. The second kappa shape index (κ2) is 10.2. The zero-order chi connectivity index (χ0) is 26.2. The van der Waals surface area contributed by atoms with E-state index in [1.807, 2.05) is 30.0 Å². The van der Waals surface area contributed by atoms with Gasteiger partial charge in [0.2, 0.25) is 5.91 Å². The average molecular weight is 513 g/mol. The molecule has 0 N–H and O–H groups in total. The lowest BCUT2D eigenvalue weighted by Crippen LogP contribution is -2.49. The molecule has 7 nitrogen and oxygen atoms in total. The first-order chi connectivity index (χ1) is 18.5. The Hall–Kier alpha value is -3.81. The molecule has 1 aliphatic heterocycles. The molecule has 2 aliphatic rings. The summed E-state index contributed by atoms with van der Waals surface area (Å²) in [6.45, 7) is 6.92. The van der Waals surface area contributed by atoms with Crippen LogP contribution < -0.4 is 4.90 Å². The second-order valence-corrected chi connectivity index (χ2v) is 10.4. The first-order valence-electron chi connectivity index (χ1n) is 13.6. The number of aromatic nitrogens is 4. The Labute approximate surface area is 222 Å². The van der Waals surface area contributed by atoms with Crippen LogP contribution in [0.1, 0.15) is 49.2 Å². The van der Waals surface area contributed by atoms with Gasteiger partial charge in [0.05, 0.1) is 16.8 Å². The van der Waals surface area contributed by atoms with Crippen molar-refractivity contribution in [1.82, 2.24) is 24.6 Å². The van der Waals surface area contributed by atoms with Crippen LogP contribution in [-0.4, -0.2) is 56.7 Å². The Balaban J connectivity index is 1.25. The minimum absolute atomic E-state index is 0.103. The second-order valence-electron chi connectivity index (χ2n) is 10.4. The van der Waals surface area contributed by atoms with E-state index in [-0.39, 0.29) is 17.6 Å². The van der Waals surface area contributed by atoms with E-state index in [2.05, 4.69) is 24.0 Å². The molecule has 0 spiro atoms. The molecule has 1 saturated carbocycles. The van der Waals surface area contributed by atoms with Gasteiger partial charge in [0.25, 0.3) is 0 Å². The van der Waals surface area contributed by atoms with Gasteiger partial charge in [-0.3, -0.25) is 4.79 Å². The highest BCUT2D eigenvalue weighted by molar-refractivity contribution is 5.91. The lowest BCUT2D eigenvalue weighted by atomic mass is 10.1. The van der Waals surface area contributed by atoms with Gasteiger partial charge in [-0.25, -0.2) is 19.0 Å². The lowest BCUT2D eigenvalue weighted by Gasteiger charge is -2.36. The summed E-state index contributed by atoms with van der Waals surface area (Å²) in [5.41, 5.74) is 3.61. The minimum atomic E-state index is -0.283. The number of benzene rings is 2. The predicted molar refractivity (Wildman–Crippen MR) is 146 cm³/mol. The molecule has 196 valence electrons. The van der Waals surface area contributed by atoms with Crippen LogP contribution >= 0.6 is 0 Å². The van der Waals surface area contributed by atoms with E-state index in [0.29, 0.717) is 19.0 Å². The Morgan fingerprint density at radius 1 is 1.00 bits per heavy atom. The zero-order valence-electron chi connectivity index (χ0n) is 22.0. The standard InChI is InChI=1S/C30H33FN6O/c1-3-4-10-26-32-28(27-20(2)34-37(29(27)33-26)23-13-11-22(31)12-14-23)35-15-17-36(18-16-35)30(38)25-19-24(25)21-8-6-5-7-9-21/h5-9,11-14,24-25H,3-4,10,15-19H2,1-2H3/t24-,25-/m0/s1. The number of aryl methyl sites for hydroxylation is 2. The van der Waals surface area contributed by atoms with Crippen molar-refractivity contribution in [3.63, 3.8) is 0 Å². The van der Waals surface area contributed by atoms with Crippen LogP contribution in [0.25, 0.3) is 16.7 Å². The van der Waals surface area contributed by atoms with Crippen molar-refractivity contribution in [3.8, 4) is 5.69 Å². The van der Waals surface area contributed by atoms with Crippen molar-refractivity contribution in [2.24, 2.45) is 5.92 Å². The summed E-state index contributed by atoms with van der Waals surface area (Å²) in [7, 11) is 0. The highest BCUT2D eigenvalue weighted by Crippen LogP contribution is 2.48. The molecule has 1 saturated heterocycles. The van der Waals surface area contributed by atoms with Gasteiger partial charge in [0.15, 0.2) is 5.65 Å². The monoisotopic (exact) mass is 512 g/mol. The minimum Gasteiger partial charge on any atom is -0.352 e. The number of unbranched alkanes of at least 4 members (excludes halogenated alkanes) is 1. The van der Waals surface area contributed by atoms with Crippen LogP contribution in [0.5, 0.6) is 0 Å². The molecule has 2 aromatic carbocycles.